The molecule has 0 fully saturated rings. The lowest BCUT2D eigenvalue weighted by molar-refractivity contribution is 0.860. The summed E-state index contributed by atoms with van der Waals surface area (Å²) in [5.41, 5.74) is 6.75. The zero-order chi connectivity index (χ0) is 8.10. The molecule has 3 N–H and O–H groups in total. The molecule has 0 saturated carbocycles. The number of nitrogens with two attached hydrogens (primary N) is 1. The summed E-state index contributed by atoms with van der Waals surface area (Å²) in [6, 6.07) is 9.82. The van der Waals surface area contributed by atoms with Gasteiger partial charge in [0.1, 0.15) is 0 Å². The van der Waals surface area contributed by atoms with Gasteiger partial charge in [0.25, 0.3) is 0 Å². The van der Waals surface area contributed by atoms with Gasteiger partial charge in [-0.2, -0.15) is 0 Å². The lowest BCUT2D eigenvalue weighted by Crippen LogP contribution is -2.23. The molecule has 0 bridgehead atoms. The highest BCUT2D eigenvalue weighted by Gasteiger charge is 1.97. The number of rotatable bonds is 3. The van der Waals surface area contributed by atoms with Crippen molar-refractivity contribution in [3.8, 4) is 0 Å². The highest BCUT2D eigenvalue weighted by Crippen LogP contribution is 1.99. The van der Waals surface area contributed by atoms with E-state index in [1.807, 2.05) is 30.3 Å². The van der Waals surface area contributed by atoms with Crippen LogP contribution in [0.15, 0.2) is 30.3 Å². The Morgan fingerprint density at radius 2 is 2.00 bits per heavy atom. The fourth-order valence-electron chi connectivity index (χ4n) is 0.945. The number of benzene rings is 1. The average Bonchev–Trinajstić information content (AvgIpc) is 2.06. The normalized spacial score (nSPS) is 12.5. The fraction of sp³-hybridized carbons (Fsp3) is 0.222. The van der Waals surface area contributed by atoms with Gasteiger partial charge in [-0.3, -0.25) is 0 Å². The first-order chi connectivity index (χ1) is 5.33. The summed E-state index contributed by atoms with van der Waals surface area (Å²) in [6.07, 6.45) is 2.03. The molecule has 11 heavy (non-hydrogen) atoms. The predicted molar refractivity (Wildman–Crippen MR) is 46.9 cm³/mol. The summed E-state index contributed by atoms with van der Waals surface area (Å²) in [5.74, 6) is 0. The van der Waals surface area contributed by atoms with Gasteiger partial charge in [0.15, 0.2) is 0 Å². The zero-order valence-electron chi connectivity index (χ0n) is 6.33. The van der Waals surface area contributed by atoms with Gasteiger partial charge in [-0.25, -0.2) is 0 Å². The summed E-state index contributed by atoms with van der Waals surface area (Å²) in [5, 5.41) is 6.91. The van der Waals surface area contributed by atoms with E-state index in [4.69, 9.17) is 11.1 Å². The predicted octanol–water partition coefficient (Wildman–Crippen LogP) is 1.21. The Kier molecular flexibility index (Phi) is 2.81. The largest absolute Gasteiger partial charge is 0.323 e. The second-order valence-electron chi connectivity index (χ2n) is 2.52. The Morgan fingerprint density at radius 1 is 1.36 bits per heavy atom. The first-order valence-electron chi connectivity index (χ1n) is 3.63. The SMILES string of the molecule is N=CC(N)Cc1ccccc1. The van der Waals surface area contributed by atoms with E-state index in [2.05, 4.69) is 0 Å². The van der Waals surface area contributed by atoms with Crippen LogP contribution in [0, 0.1) is 5.41 Å². The highest BCUT2D eigenvalue weighted by atomic mass is 14.6. The van der Waals surface area contributed by atoms with Crippen molar-refractivity contribution in [1.29, 1.82) is 5.41 Å². The minimum absolute atomic E-state index is 0.141. The second kappa shape index (κ2) is 3.88. The Balaban J connectivity index is 2.57. The van der Waals surface area contributed by atoms with Crippen LogP contribution in [0.25, 0.3) is 0 Å². The molecule has 1 aromatic carbocycles. The van der Waals surface area contributed by atoms with E-state index in [0.29, 0.717) is 0 Å². The minimum Gasteiger partial charge on any atom is -0.323 e. The van der Waals surface area contributed by atoms with Gasteiger partial charge >= 0.3 is 0 Å². The number of nitrogens with one attached hydrogen (secondary N) is 1. The highest BCUT2D eigenvalue weighted by molar-refractivity contribution is 5.60. The fourth-order valence-corrected chi connectivity index (χ4v) is 0.945. The molecule has 0 amide bonds. The van der Waals surface area contributed by atoms with Crippen LogP contribution >= 0.6 is 0 Å². The van der Waals surface area contributed by atoms with E-state index in [1.165, 1.54) is 11.8 Å². The molecule has 0 heterocycles. The Morgan fingerprint density at radius 3 is 2.55 bits per heavy atom. The van der Waals surface area contributed by atoms with E-state index >= 15 is 0 Å². The van der Waals surface area contributed by atoms with E-state index in [1.54, 1.807) is 0 Å². The van der Waals surface area contributed by atoms with Crippen molar-refractivity contribution in [2.75, 3.05) is 0 Å². The molecule has 0 aliphatic rings. The van der Waals surface area contributed by atoms with Gasteiger partial charge in [0, 0.05) is 12.3 Å². The smallest absolute Gasteiger partial charge is 0.0433 e. The van der Waals surface area contributed by atoms with Crippen molar-refractivity contribution >= 4 is 6.21 Å². The third-order valence-corrected chi connectivity index (χ3v) is 1.53. The molecule has 1 unspecified atom stereocenters. The molecule has 2 nitrogen and oxygen atoms in total. The van der Waals surface area contributed by atoms with E-state index < -0.39 is 0 Å². The molecule has 58 valence electrons. The van der Waals surface area contributed by atoms with Crippen molar-refractivity contribution in [2.45, 2.75) is 12.5 Å². The van der Waals surface area contributed by atoms with Crippen molar-refractivity contribution in [3.63, 3.8) is 0 Å². The van der Waals surface area contributed by atoms with Gasteiger partial charge in [0.2, 0.25) is 0 Å². The maximum atomic E-state index is 6.91. The van der Waals surface area contributed by atoms with Gasteiger partial charge in [-0.15, -0.1) is 0 Å². The zero-order valence-corrected chi connectivity index (χ0v) is 6.33. The second-order valence-corrected chi connectivity index (χ2v) is 2.52. The van der Waals surface area contributed by atoms with Crippen LogP contribution in [0.1, 0.15) is 5.56 Å². The molecule has 1 rings (SSSR count). The van der Waals surface area contributed by atoms with Crippen molar-refractivity contribution in [1.82, 2.24) is 0 Å². The number of hydrogen-bond acceptors (Lipinski definition) is 2. The summed E-state index contributed by atoms with van der Waals surface area (Å²) in [4.78, 5) is 0. The van der Waals surface area contributed by atoms with Gasteiger partial charge in [-0.05, 0) is 12.0 Å². The van der Waals surface area contributed by atoms with Crippen LogP contribution < -0.4 is 5.73 Å². The maximum absolute atomic E-state index is 6.91. The average molecular weight is 148 g/mol. The van der Waals surface area contributed by atoms with Crippen molar-refractivity contribution < 1.29 is 0 Å². The van der Waals surface area contributed by atoms with Crippen LogP contribution in [-0.2, 0) is 6.42 Å². The lowest BCUT2D eigenvalue weighted by atomic mass is 10.1. The van der Waals surface area contributed by atoms with E-state index in [-0.39, 0.29) is 6.04 Å². The Bertz CT molecular complexity index is 218. The molecule has 0 aromatic heterocycles. The van der Waals surface area contributed by atoms with Gasteiger partial charge in [0.05, 0.1) is 0 Å². The first-order valence-corrected chi connectivity index (χ1v) is 3.63. The van der Waals surface area contributed by atoms with Gasteiger partial charge in [-0.1, -0.05) is 30.3 Å². The van der Waals surface area contributed by atoms with Crippen molar-refractivity contribution in [3.05, 3.63) is 35.9 Å². The van der Waals surface area contributed by atoms with Crippen LogP contribution in [0.4, 0.5) is 0 Å². The maximum Gasteiger partial charge on any atom is 0.0433 e. The Labute approximate surface area is 66.6 Å². The van der Waals surface area contributed by atoms with Crippen LogP contribution in [0.2, 0.25) is 0 Å². The monoisotopic (exact) mass is 148 g/mol. The van der Waals surface area contributed by atoms with Crippen molar-refractivity contribution in [2.24, 2.45) is 5.73 Å². The quantitative estimate of drug-likeness (QED) is 0.622. The molecule has 0 aliphatic heterocycles. The standard InChI is InChI=1S/C9H12N2/c10-7-9(11)6-8-4-2-1-3-5-8/h1-5,7,9-10H,6,11H2. The third kappa shape index (κ3) is 2.51. The van der Waals surface area contributed by atoms with Crippen LogP contribution in [-0.4, -0.2) is 12.3 Å². The molecule has 0 saturated heterocycles. The topological polar surface area (TPSA) is 49.9 Å². The molecule has 1 atom stereocenters. The van der Waals surface area contributed by atoms with Gasteiger partial charge < -0.3 is 11.1 Å². The lowest BCUT2D eigenvalue weighted by Gasteiger charge is -2.03. The summed E-state index contributed by atoms with van der Waals surface area (Å²) >= 11 is 0. The summed E-state index contributed by atoms with van der Waals surface area (Å²) < 4.78 is 0. The molecule has 0 aliphatic carbocycles. The van der Waals surface area contributed by atoms with Crippen LogP contribution in [0.3, 0.4) is 0 Å². The summed E-state index contributed by atoms with van der Waals surface area (Å²) in [6.45, 7) is 0. The molecule has 0 radical (unpaired) electrons. The third-order valence-electron chi connectivity index (χ3n) is 1.53. The molecule has 0 spiro atoms. The minimum atomic E-state index is -0.141. The molecule has 2 heteroatoms. The molecular weight excluding hydrogens is 136 g/mol. The molecule has 1 aromatic rings. The summed E-state index contributed by atoms with van der Waals surface area (Å²) in [7, 11) is 0. The van der Waals surface area contributed by atoms with E-state index in [9.17, 15) is 0 Å². The first kappa shape index (κ1) is 7.95. The van der Waals surface area contributed by atoms with E-state index in [0.717, 1.165) is 6.42 Å². The number of hydrogen-bond donors (Lipinski definition) is 2. The molecular formula is C9H12N2. The van der Waals surface area contributed by atoms with Crippen LogP contribution in [0.5, 0.6) is 0 Å². The Hall–Kier alpha value is -1.15.